The molecule has 1 aromatic heterocycles. The fourth-order valence-electron chi connectivity index (χ4n) is 5.84. The average Bonchev–Trinajstić information content (AvgIpc) is 2.86. The molecule has 0 saturated carbocycles. The molecule has 3 heterocycles. The van der Waals surface area contributed by atoms with Gasteiger partial charge in [-0.15, -0.1) is 11.8 Å². The predicted molar refractivity (Wildman–Crippen MR) is 146 cm³/mol. The summed E-state index contributed by atoms with van der Waals surface area (Å²) in [5, 5.41) is 0.777. The number of thioether (sulfide) groups is 1. The second-order valence-corrected chi connectivity index (χ2v) is 11.0. The molecule has 3 aromatic rings. The zero-order chi connectivity index (χ0) is 27.3. The summed E-state index contributed by atoms with van der Waals surface area (Å²) in [5.41, 5.74) is 1.99. The highest BCUT2D eigenvalue weighted by Crippen LogP contribution is 2.46. The molecule has 1 fully saturated rings. The molecule has 10 heteroatoms. The van der Waals surface area contributed by atoms with Crippen LogP contribution in [-0.2, 0) is 9.53 Å². The Balaban J connectivity index is 1.75. The standard InChI is InChI=1S/C28H30F2N4O3S/c1-6-23(35)33-16(3)11-32(12-17(33)4)27-21-9-15(2)24(20-8-7-18(29)10-22(20)30)26-25(21)34(28(36)31-27)19(13-37-5)14-38-26/h6-10,16-17,19H,1,11-14H2,2-5H3/t16-,17+,19-/m0/s1. The number of rotatable bonds is 5. The summed E-state index contributed by atoms with van der Waals surface area (Å²) in [6, 6.07) is 5.00. The maximum atomic E-state index is 15.0. The number of carbonyl (C=O) groups excluding carboxylic acids is 1. The van der Waals surface area contributed by atoms with Gasteiger partial charge in [0.2, 0.25) is 5.91 Å². The first-order chi connectivity index (χ1) is 18.2. The van der Waals surface area contributed by atoms with E-state index in [1.807, 2.05) is 26.8 Å². The van der Waals surface area contributed by atoms with Crippen molar-refractivity contribution in [3.63, 3.8) is 0 Å². The molecule has 5 rings (SSSR count). The number of ether oxygens (including phenoxy) is 1. The van der Waals surface area contributed by atoms with Crippen molar-refractivity contribution in [2.45, 2.75) is 43.8 Å². The van der Waals surface area contributed by atoms with Crippen molar-refractivity contribution >= 4 is 34.4 Å². The molecule has 7 nitrogen and oxygen atoms in total. The molecule has 0 spiro atoms. The van der Waals surface area contributed by atoms with Crippen molar-refractivity contribution in [1.29, 1.82) is 0 Å². The van der Waals surface area contributed by atoms with Gasteiger partial charge in [-0.3, -0.25) is 9.36 Å². The first-order valence-electron chi connectivity index (χ1n) is 12.5. The van der Waals surface area contributed by atoms with E-state index in [0.29, 0.717) is 42.3 Å². The molecule has 0 bridgehead atoms. The predicted octanol–water partition coefficient (Wildman–Crippen LogP) is 4.55. The van der Waals surface area contributed by atoms with Crippen LogP contribution < -0.4 is 10.6 Å². The number of aromatic nitrogens is 2. The summed E-state index contributed by atoms with van der Waals surface area (Å²) in [5.74, 6) is -0.342. The van der Waals surface area contributed by atoms with E-state index in [9.17, 15) is 14.0 Å². The number of nitrogens with zero attached hydrogens (tertiary/aromatic N) is 4. The third-order valence-corrected chi connectivity index (χ3v) is 8.57. The number of benzene rings is 2. The van der Waals surface area contributed by atoms with E-state index in [2.05, 4.69) is 16.5 Å². The summed E-state index contributed by atoms with van der Waals surface area (Å²) in [6.45, 7) is 10.8. The highest BCUT2D eigenvalue weighted by atomic mass is 32.2. The fraction of sp³-hybridized carbons (Fsp3) is 0.393. The van der Waals surface area contributed by atoms with Gasteiger partial charge < -0.3 is 14.5 Å². The van der Waals surface area contributed by atoms with E-state index in [1.165, 1.54) is 30.0 Å². The molecule has 0 radical (unpaired) electrons. The van der Waals surface area contributed by atoms with Gasteiger partial charge in [-0.05, 0) is 50.6 Å². The highest BCUT2D eigenvalue weighted by molar-refractivity contribution is 7.99. The Morgan fingerprint density at radius 3 is 2.58 bits per heavy atom. The molecule has 38 heavy (non-hydrogen) atoms. The van der Waals surface area contributed by atoms with Crippen LogP contribution >= 0.6 is 11.8 Å². The molecular formula is C28H30F2N4O3S. The smallest absolute Gasteiger partial charge is 0.350 e. The van der Waals surface area contributed by atoms with Gasteiger partial charge >= 0.3 is 5.69 Å². The first-order valence-corrected chi connectivity index (χ1v) is 13.5. The number of hydrogen-bond acceptors (Lipinski definition) is 6. The fourth-order valence-corrected chi connectivity index (χ4v) is 7.20. The monoisotopic (exact) mass is 540 g/mol. The second-order valence-electron chi connectivity index (χ2n) is 9.98. The van der Waals surface area contributed by atoms with E-state index in [-0.39, 0.29) is 29.6 Å². The van der Waals surface area contributed by atoms with Gasteiger partial charge in [0.15, 0.2) is 0 Å². The lowest BCUT2D eigenvalue weighted by molar-refractivity contribution is -0.130. The number of halogens is 2. The largest absolute Gasteiger partial charge is 0.383 e. The molecule has 0 N–H and O–H groups in total. The third kappa shape index (κ3) is 4.29. The maximum Gasteiger partial charge on any atom is 0.350 e. The quantitative estimate of drug-likeness (QED) is 0.443. The molecule has 1 amide bonds. The van der Waals surface area contributed by atoms with E-state index < -0.39 is 17.3 Å². The number of methoxy groups -OCH3 is 1. The number of aryl methyl sites for hydroxylation is 1. The van der Waals surface area contributed by atoms with Crippen LogP contribution in [0, 0.1) is 18.6 Å². The number of anilines is 1. The zero-order valence-electron chi connectivity index (χ0n) is 21.8. The zero-order valence-corrected chi connectivity index (χ0v) is 22.6. The highest BCUT2D eigenvalue weighted by Gasteiger charge is 2.35. The Morgan fingerprint density at radius 2 is 1.95 bits per heavy atom. The van der Waals surface area contributed by atoms with Crippen LogP contribution in [0.1, 0.15) is 25.5 Å². The number of piperazine rings is 1. The lowest BCUT2D eigenvalue weighted by Crippen LogP contribution is -2.58. The number of hydrogen-bond donors (Lipinski definition) is 0. The summed E-state index contributed by atoms with van der Waals surface area (Å²) in [4.78, 5) is 35.2. The summed E-state index contributed by atoms with van der Waals surface area (Å²) in [6.07, 6.45) is 1.32. The minimum absolute atomic E-state index is 0.125. The molecule has 200 valence electrons. The Labute approximate surface area is 224 Å². The molecule has 2 aliphatic rings. The molecule has 2 aliphatic heterocycles. The van der Waals surface area contributed by atoms with Crippen molar-refractivity contribution in [2.24, 2.45) is 0 Å². The Kier molecular flexibility index (Phi) is 7.04. The van der Waals surface area contributed by atoms with Crippen molar-refractivity contribution in [3.8, 4) is 11.1 Å². The van der Waals surface area contributed by atoms with Gasteiger partial charge in [-0.2, -0.15) is 4.98 Å². The average molecular weight is 541 g/mol. The molecule has 0 unspecified atom stereocenters. The van der Waals surface area contributed by atoms with Gasteiger partial charge in [0, 0.05) is 65.5 Å². The second kappa shape index (κ2) is 10.1. The lowest BCUT2D eigenvalue weighted by Gasteiger charge is -2.45. The minimum Gasteiger partial charge on any atom is -0.383 e. The molecule has 2 aromatic carbocycles. The summed E-state index contributed by atoms with van der Waals surface area (Å²) >= 11 is 1.54. The van der Waals surface area contributed by atoms with Crippen molar-refractivity contribution in [2.75, 3.05) is 37.5 Å². The molecule has 3 atom stereocenters. The van der Waals surface area contributed by atoms with Crippen LogP contribution in [-0.4, -0.2) is 65.0 Å². The Hall–Kier alpha value is -3.24. The van der Waals surface area contributed by atoms with Crippen LogP contribution in [0.3, 0.4) is 0 Å². The summed E-state index contributed by atoms with van der Waals surface area (Å²) < 4.78 is 35.8. The van der Waals surface area contributed by atoms with Crippen LogP contribution in [0.15, 0.2) is 46.6 Å². The Morgan fingerprint density at radius 1 is 1.24 bits per heavy atom. The van der Waals surface area contributed by atoms with Gasteiger partial charge in [-0.1, -0.05) is 6.58 Å². The van der Waals surface area contributed by atoms with E-state index in [4.69, 9.17) is 4.74 Å². The van der Waals surface area contributed by atoms with Crippen molar-refractivity contribution in [1.82, 2.24) is 14.5 Å². The maximum absolute atomic E-state index is 15.0. The van der Waals surface area contributed by atoms with Crippen molar-refractivity contribution < 1.29 is 18.3 Å². The topological polar surface area (TPSA) is 67.7 Å². The molecule has 1 saturated heterocycles. The molecular weight excluding hydrogens is 510 g/mol. The van der Waals surface area contributed by atoms with Crippen LogP contribution in [0.5, 0.6) is 0 Å². The van der Waals surface area contributed by atoms with Gasteiger partial charge in [-0.25, -0.2) is 13.6 Å². The van der Waals surface area contributed by atoms with Gasteiger partial charge in [0.25, 0.3) is 0 Å². The number of amides is 1. The lowest BCUT2D eigenvalue weighted by atomic mass is 9.96. The van der Waals surface area contributed by atoms with E-state index in [0.717, 1.165) is 21.9 Å². The van der Waals surface area contributed by atoms with E-state index in [1.54, 1.807) is 16.6 Å². The minimum atomic E-state index is -0.655. The van der Waals surface area contributed by atoms with Crippen LogP contribution in [0.2, 0.25) is 0 Å². The summed E-state index contributed by atoms with van der Waals surface area (Å²) in [7, 11) is 1.59. The van der Waals surface area contributed by atoms with Gasteiger partial charge in [0.1, 0.15) is 17.5 Å². The van der Waals surface area contributed by atoms with Gasteiger partial charge in [0.05, 0.1) is 18.2 Å². The van der Waals surface area contributed by atoms with E-state index >= 15 is 4.39 Å². The molecule has 0 aliphatic carbocycles. The van der Waals surface area contributed by atoms with Crippen molar-refractivity contribution in [3.05, 3.63) is 64.6 Å². The normalized spacial score (nSPS) is 21.2. The van der Waals surface area contributed by atoms with Crippen LogP contribution in [0.25, 0.3) is 22.0 Å². The Bertz CT molecular complexity index is 1500. The number of carbonyl (C=O) groups is 1. The first kappa shape index (κ1) is 26.4. The SMILES string of the molecule is C=CC(=O)N1[C@H](C)CN(c2nc(=O)n3c4c(c(-c5ccc(F)cc5F)c(C)cc24)SC[C@@H]3COC)C[C@@H]1C. The third-order valence-electron chi connectivity index (χ3n) is 7.33. The van der Waals surface area contributed by atoms with Crippen LogP contribution in [0.4, 0.5) is 14.6 Å².